The molecule has 0 amide bonds. The summed E-state index contributed by atoms with van der Waals surface area (Å²) in [6.45, 7) is 1.43. The van der Waals surface area contributed by atoms with Crippen LogP contribution in [-0.2, 0) is 6.67 Å². The Balaban J connectivity index is 3.09. The van der Waals surface area contributed by atoms with E-state index in [9.17, 15) is 4.39 Å². The Morgan fingerprint density at radius 2 is 2.20 bits per heavy atom. The molecule has 0 fully saturated rings. The first-order valence-electron chi connectivity index (χ1n) is 3.05. The molecule has 0 unspecified atom stereocenters. The smallest absolute Gasteiger partial charge is 0.115 e. The minimum absolute atomic E-state index is 0.438. The summed E-state index contributed by atoms with van der Waals surface area (Å²) in [6, 6.07) is 5.23. The zero-order valence-corrected chi connectivity index (χ0v) is 6.45. The highest BCUT2D eigenvalue weighted by atomic mass is 35.5. The van der Waals surface area contributed by atoms with Gasteiger partial charge in [0.05, 0.1) is 0 Å². The fourth-order valence-corrected chi connectivity index (χ4v) is 0.979. The minimum Gasteiger partial charge on any atom is -0.246 e. The second-order valence-electron chi connectivity index (χ2n) is 2.20. The van der Waals surface area contributed by atoms with Gasteiger partial charge >= 0.3 is 0 Å². The molecule has 0 aromatic heterocycles. The van der Waals surface area contributed by atoms with E-state index < -0.39 is 6.67 Å². The number of rotatable bonds is 1. The Bertz CT molecular complexity index is 233. The lowest BCUT2D eigenvalue weighted by Gasteiger charge is -1.99. The van der Waals surface area contributed by atoms with Crippen molar-refractivity contribution in [2.45, 2.75) is 13.6 Å². The van der Waals surface area contributed by atoms with Crippen LogP contribution in [0.3, 0.4) is 0 Å². The number of hydrogen-bond donors (Lipinski definition) is 0. The van der Waals surface area contributed by atoms with Crippen LogP contribution in [0.2, 0.25) is 5.02 Å². The molecule has 0 N–H and O–H groups in total. The van der Waals surface area contributed by atoms with Crippen molar-refractivity contribution in [3.8, 4) is 0 Å². The average Bonchev–Trinajstić information content (AvgIpc) is 1.94. The molecule has 0 bridgehead atoms. The normalized spacial score (nSPS) is 9.90. The number of benzene rings is 1. The van der Waals surface area contributed by atoms with Gasteiger partial charge in [0.2, 0.25) is 0 Å². The molecule has 2 heteroatoms. The monoisotopic (exact) mass is 158 g/mol. The summed E-state index contributed by atoms with van der Waals surface area (Å²) >= 11 is 5.63. The molecule has 1 rings (SSSR count). The first-order valence-corrected chi connectivity index (χ1v) is 3.43. The summed E-state index contributed by atoms with van der Waals surface area (Å²) in [5, 5.41) is 0.596. The van der Waals surface area contributed by atoms with Crippen molar-refractivity contribution in [3.63, 3.8) is 0 Å². The van der Waals surface area contributed by atoms with Gasteiger partial charge in [0.15, 0.2) is 0 Å². The quantitative estimate of drug-likeness (QED) is 0.589. The molecule has 0 atom stereocenters. The number of halogens is 2. The molecule has 0 saturated carbocycles. The van der Waals surface area contributed by atoms with Gasteiger partial charge in [-0.15, -0.1) is 0 Å². The highest BCUT2D eigenvalue weighted by Gasteiger charge is 1.96. The first-order chi connectivity index (χ1) is 4.74. The van der Waals surface area contributed by atoms with Crippen molar-refractivity contribution in [2.75, 3.05) is 0 Å². The fraction of sp³-hybridized carbons (Fsp3) is 0.250. The third kappa shape index (κ3) is 1.48. The summed E-state index contributed by atoms with van der Waals surface area (Å²) in [7, 11) is 0. The molecule has 0 radical (unpaired) electrons. The third-order valence-corrected chi connectivity index (χ3v) is 1.69. The molecule has 54 valence electrons. The number of alkyl halides is 1. The molecule has 1 aromatic rings. The SMILES string of the molecule is Cc1ccc(Cl)cc1CF. The molecule has 0 aliphatic heterocycles. The minimum atomic E-state index is -0.438. The Hall–Kier alpha value is -0.560. The van der Waals surface area contributed by atoms with Crippen LogP contribution in [-0.4, -0.2) is 0 Å². The maximum atomic E-state index is 12.1. The molecule has 0 aliphatic carbocycles. The molecule has 0 saturated heterocycles. The summed E-state index contributed by atoms with van der Waals surface area (Å²) in [5.74, 6) is 0. The van der Waals surface area contributed by atoms with Crippen LogP contribution in [0.15, 0.2) is 18.2 Å². The zero-order valence-electron chi connectivity index (χ0n) is 5.70. The van der Waals surface area contributed by atoms with Crippen molar-refractivity contribution in [2.24, 2.45) is 0 Å². The van der Waals surface area contributed by atoms with Crippen molar-refractivity contribution < 1.29 is 4.39 Å². The van der Waals surface area contributed by atoms with E-state index >= 15 is 0 Å². The second-order valence-corrected chi connectivity index (χ2v) is 2.64. The van der Waals surface area contributed by atoms with Crippen LogP contribution in [0.5, 0.6) is 0 Å². The van der Waals surface area contributed by atoms with Crippen molar-refractivity contribution in [1.82, 2.24) is 0 Å². The largest absolute Gasteiger partial charge is 0.246 e. The lowest BCUT2D eigenvalue weighted by atomic mass is 10.1. The molecule has 10 heavy (non-hydrogen) atoms. The highest BCUT2D eigenvalue weighted by Crippen LogP contribution is 2.15. The summed E-state index contributed by atoms with van der Waals surface area (Å²) in [4.78, 5) is 0. The van der Waals surface area contributed by atoms with Crippen LogP contribution in [0.1, 0.15) is 11.1 Å². The van der Waals surface area contributed by atoms with Gasteiger partial charge in [-0.25, -0.2) is 4.39 Å². The van der Waals surface area contributed by atoms with Gasteiger partial charge in [0, 0.05) is 5.02 Å². The van der Waals surface area contributed by atoms with E-state index in [1.807, 2.05) is 13.0 Å². The predicted molar refractivity (Wildman–Crippen MR) is 41.0 cm³/mol. The average molecular weight is 159 g/mol. The molecule has 1 aromatic carbocycles. The van der Waals surface area contributed by atoms with Gasteiger partial charge in [-0.3, -0.25) is 0 Å². The third-order valence-electron chi connectivity index (χ3n) is 1.46. The van der Waals surface area contributed by atoms with Crippen molar-refractivity contribution >= 4 is 11.6 Å². The van der Waals surface area contributed by atoms with Crippen LogP contribution < -0.4 is 0 Å². The van der Waals surface area contributed by atoms with E-state index in [4.69, 9.17) is 11.6 Å². The number of hydrogen-bond acceptors (Lipinski definition) is 0. The Morgan fingerprint density at radius 3 is 2.70 bits per heavy atom. The summed E-state index contributed by atoms with van der Waals surface area (Å²) in [6.07, 6.45) is 0. The predicted octanol–water partition coefficient (Wildman–Crippen LogP) is 3.12. The Kier molecular flexibility index (Phi) is 2.28. The van der Waals surface area contributed by atoms with Crippen molar-refractivity contribution in [1.29, 1.82) is 0 Å². The van der Waals surface area contributed by atoms with Gasteiger partial charge in [-0.1, -0.05) is 17.7 Å². The second kappa shape index (κ2) is 3.02. The van der Waals surface area contributed by atoms with E-state index in [1.165, 1.54) is 0 Å². The maximum Gasteiger partial charge on any atom is 0.115 e. The highest BCUT2D eigenvalue weighted by molar-refractivity contribution is 6.30. The van der Waals surface area contributed by atoms with E-state index in [0.717, 1.165) is 5.56 Å². The zero-order chi connectivity index (χ0) is 7.56. The van der Waals surface area contributed by atoms with Crippen LogP contribution in [0.25, 0.3) is 0 Å². The van der Waals surface area contributed by atoms with E-state index in [1.54, 1.807) is 12.1 Å². The topological polar surface area (TPSA) is 0 Å². The summed E-state index contributed by atoms with van der Waals surface area (Å²) in [5.41, 5.74) is 1.62. The van der Waals surface area contributed by atoms with Crippen LogP contribution >= 0.6 is 11.6 Å². The van der Waals surface area contributed by atoms with Gasteiger partial charge < -0.3 is 0 Å². The van der Waals surface area contributed by atoms with Gasteiger partial charge in [0.1, 0.15) is 6.67 Å². The Morgan fingerprint density at radius 1 is 1.50 bits per heavy atom. The van der Waals surface area contributed by atoms with Gasteiger partial charge in [-0.2, -0.15) is 0 Å². The van der Waals surface area contributed by atoms with Gasteiger partial charge in [-0.05, 0) is 30.2 Å². The molecule has 0 spiro atoms. The molecular weight excluding hydrogens is 151 g/mol. The first kappa shape index (κ1) is 7.55. The molecule has 0 nitrogen and oxygen atoms in total. The Labute approximate surface area is 64.6 Å². The molecule has 0 heterocycles. The lowest BCUT2D eigenvalue weighted by molar-refractivity contribution is 0.483. The lowest BCUT2D eigenvalue weighted by Crippen LogP contribution is -1.83. The maximum absolute atomic E-state index is 12.1. The van der Waals surface area contributed by atoms with E-state index in [-0.39, 0.29) is 0 Å². The van der Waals surface area contributed by atoms with Crippen LogP contribution in [0, 0.1) is 6.92 Å². The van der Waals surface area contributed by atoms with E-state index in [0.29, 0.717) is 10.6 Å². The fourth-order valence-electron chi connectivity index (χ4n) is 0.784. The van der Waals surface area contributed by atoms with E-state index in [2.05, 4.69) is 0 Å². The van der Waals surface area contributed by atoms with Crippen molar-refractivity contribution in [3.05, 3.63) is 34.3 Å². The molecular formula is C8H8ClF. The summed E-state index contributed by atoms with van der Waals surface area (Å²) < 4.78 is 12.1. The molecule has 0 aliphatic rings. The number of aryl methyl sites for hydroxylation is 1. The van der Waals surface area contributed by atoms with Crippen LogP contribution in [0.4, 0.5) is 4.39 Å². The van der Waals surface area contributed by atoms with Gasteiger partial charge in [0.25, 0.3) is 0 Å². The standard InChI is InChI=1S/C8H8ClF/c1-6-2-3-8(9)4-7(6)5-10/h2-4H,5H2,1H3.